The van der Waals surface area contributed by atoms with Crippen LogP contribution in [0.4, 0.5) is 0 Å². The third-order valence-corrected chi connectivity index (χ3v) is 3.76. The highest BCUT2D eigenvalue weighted by Crippen LogP contribution is 2.38. The van der Waals surface area contributed by atoms with E-state index >= 15 is 0 Å². The Morgan fingerprint density at radius 1 is 1.16 bits per heavy atom. The molecule has 1 aliphatic carbocycles. The molecule has 5 heteroatoms. The SMILES string of the molecule is COc1cc2nc3c(c(Cl)c2cc1OC)C(=O)CC3. The number of nitrogens with zero attached hydrogens (tertiary/aromatic N) is 1. The van der Waals surface area contributed by atoms with Crippen LogP contribution >= 0.6 is 11.6 Å². The number of aryl methyl sites for hydroxylation is 1. The molecule has 0 fully saturated rings. The zero-order chi connectivity index (χ0) is 13.6. The van der Waals surface area contributed by atoms with Crippen molar-refractivity contribution >= 4 is 28.3 Å². The normalized spacial score (nSPS) is 13.7. The number of pyridine rings is 1. The van der Waals surface area contributed by atoms with Crippen LogP contribution in [0.5, 0.6) is 11.5 Å². The van der Waals surface area contributed by atoms with Crippen molar-refractivity contribution < 1.29 is 14.3 Å². The lowest BCUT2D eigenvalue weighted by molar-refractivity contribution is 0.0995. The monoisotopic (exact) mass is 277 g/mol. The van der Waals surface area contributed by atoms with Gasteiger partial charge in [0, 0.05) is 17.9 Å². The van der Waals surface area contributed by atoms with Crippen LogP contribution in [0.3, 0.4) is 0 Å². The van der Waals surface area contributed by atoms with E-state index in [-0.39, 0.29) is 5.78 Å². The van der Waals surface area contributed by atoms with E-state index in [1.54, 1.807) is 26.4 Å². The first-order valence-corrected chi connectivity index (χ1v) is 6.30. The van der Waals surface area contributed by atoms with Gasteiger partial charge in [0.05, 0.1) is 36.0 Å². The standard InChI is InChI=1S/C14H12ClNO3/c1-18-11-5-7-9(6-12(11)19-2)16-8-3-4-10(17)13(8)14(7)15/h5-6H,3-4H2,1-2H3. The Kier molecular flexibility index (Phi) is 2.82. The lowest BCUT2D eigenvalue weighted by Gasteiger charge is -2.11. The van der Waals surface area contributed by atoms with Gasteiger partial charge in [-0.15, -0.1) is 0 Å². The molecule has 1 aromatic heterocycles. The molecule has 0 bridgehead atoms. The van der Waals surface area contributed by atoms with Gasteiger partial charge in [-0.05, 0) is 12.5 Å². The number of ketones is 1. The number of carbonyl (C=O) groups is 1. The molecule has 1 aliphatic rings. The maximum Gasteiger partial charge on any atom is 0.166 e. The first-order valence-electron chi connectivity index (χ1n) is 5.93. The predicted molar refractivity (Wildman–Crippen MR) is 72.5 cm³/mol. The second kappa shape index (κ2) is 4.38. The summed E-state index contributed by atoms with van der Waals surface area (Å²) in [6.45, 7) is 0. The molecule has 0 spiro atoms. The smallest absolute Gasteiger partial charge is 0.166 e. The fraction of sp³-hybridized carbons (Fsp3) is 0.286. The molecule has 0 atom stereocenters. The molecule has 3 rings (SSSR count). The highest BCUT2D eigenvalue weighted by atomic mass is 35.5. The van der Waals surface area contributed by atoms with Gasteiger partial charge in [-0.2, -0.15) is 0 Å². The zero-order valence-corrected chi connectivity index (χ0v) is 11.4. The van der Waals surface area contributed by atoms with Crippen LogP contribution < -0.4 is 9.47 Å². The molecular formula is C14H12ClNO3. The first kappa shape index (κ1) is 12.2. The van der Waals surface area contributed by atoms with Gasteiger partial charge in [0.2, 0.25) is 0 Å². The molecule has 4 nitrogen and oxygen atoms in total. The minimum atomic E-state index is 0.0594. The number of fused-ring (bicyclic) bond motifs is 2. The van der Waals surface area contributed by atoms with Crippen LogP contribution in [-0.4, -0.2) is 25.0 Å². The van der Waals surface area contributed by atoms with Crippen LogP contribution in [0, 0.1) is 0 Å². The summed E-state index contributed by atoms with van der Waals surface area (Å²) < 4.78 is 10.5. The van der Waals surface area contributed by atoms with Gasteiger partial charge in [0.25, 0.3) is 0 Å². The highest BCUT2D eigenvalue weighted by molar-refractivity contribution is 6.39. The predicted octanol–water partition coefficient (Wildman–Crippen LogP) is 3.03. The summed E-state index contributed by atoms with van der Waals surface area (Å²) in [6.07, 6.45) is 1.13. The van der Waals surface area contributed by atoms with E-state index in [9.17, 15) is 4.79 Å². The molecule has 1 heterocycles. The molecule has 0 aliphatic heterocycles. The molecule has 1 aromatic carbocycles. The maximum atomic E-state index is 11.8. The van der Waals surface area contributed by atoms with E-state index in [0.29, 0.717) is 40.3 Å². The van der Waals surface area contributed by atoms with E-state index in [0.717, 1.165) is 11.2 Å². The average Bonchev–Trinajstić information content (AvgIpc) is 2.79. The van der Waals surface area contributed by atoms with Gasteiger partial charge in [0.1, 0.15) is 0 Å². The molecule has 0 amide bonds. The number of benzene rings is 1. The number of halogens is 1. The van der Waals surface area contributed by atoms with Crippen LogP contribution in [0.25, 0.3) is 10.9 Å². The first-order chi connectivity index (χ1) is 9.15. The summed E-state index contributed by atoms with van der Waals surface area (Å²) in [4.78, 5) is 16.3. The minimum Gasteiger partial charge on any atom is -0.493 e. The van der Waals surface area contributed by atoms with Crippen molar-refractivity contribution in [3.05, 3.63) is 28.4 Å². The summed E-state index contributed by atoms with van der Waals surface area (Å²) in [5.74, 6) is 1.23. The van der Waals surface area contributed by atoms with Crippen LogP contribution in [0.15, 0.2) is 12.1 Å². The van der Waals surface area contributed by atoms with Gasteiger partial charge in [-0.3, -0.25) is 9.78 Å². The summed E-state index contributed by atoms with van der Waals surface area (Å²) in [6, 6.07) is 3.54. The van der Waals surface area contributed by atoms with Gasteiger partial charge >= 0.3 is 0 Å². The lowest BCUT2D eigenvalue weighted by atomic mass is 10.1. The van der Waals surface area contributed by atoms with Crippen LogP contribution in [-0.2, 0) is 6.42 Å². The molecule has 0 N–H and O–H groups in total. The lowest BCUT2D eigenvalue weighted by Crippen LogP contribution is -1.98. The summed E-state index contributed by atoms with van der Waals surface area (Å²) in [7, 11) is 3.13. The van der Waals surface area contributed by atoms with Crippen molar-refractivity contribution in [3.63, 3.8) is 0 Å². The molecule has 0 saturated heterocycles. The van der Waals surface area contributed by atoms with E-state index < -0.39 is 0 Å². The Morgan fingerprint density at radius 2 is 1.84 bits per heavy atom. The van der Waals surface area contributed by atoms with Crippen LogP contribution in [0.1, 0.15) is 22.5 Å². The van der Waals surface area contributed by atoms with Gasteiger partial charge in [-0.1, -0.05) is 11.6 Å². The number of hydrogen-bond acceptors (Lipinski definition) is 4. The third kappa shape index (κ3) is 1.75. The number of methoxy groups -OCH3 is 2. The number of ether oxygens (including phenoxy) is 2. The fourth-order valence-corrected chi connectivity index (χ4v) is 2.79. The molecule has 98 valence electrons. The summed E-state index contributed by atoms with van der Waals surface area (Å²) in [5.41, 5.74) is 2.05. The Labute approximate surface area is 115 Å². The number of Topliss-reactive ketones (excluding diaryl/α,β-unsaturated/α-hetero) is 1. The van der Waals surface area contributed by atoms with Crippen molar-refractivity contribution in [2.75, 3.05) is 14.2 Å². The second-order valence-electron chi connectivity index (χ2n) is 4.39. The maximum absolute atomic E-state index is 11.8. The van der Waals surface area contributed by atoms with Crippen molar-refractivity contribution in [2.45, 2.75) is 12.8 Å². The molecule has 2 aromatic rings. The largest absolute Gasteiger partial charge is 0.493 e. The van der Waals surface area contributed by atoms with Gasteiger partial charge in [-0.25, -0.2) is 0 Å². The number of rotatable bonds is 2. The van der Waals surface area contributed by atoms with Crippen molar-refractivity contribution in [1.82, 2.24) is 4.98 Å². The van der Waals surface area contributed by atoms with Crippen molar-refractivity contribution in [1.29, 1.82) is 0 Å². The Balaban J connectivity index is 2.36. The topological polar surface area (TPSA) is 48.4 Å². The highest BCUT2D eigenvalue weighted by Gasteiger charge is 2.26. The Bertz CT molecular complexity index is 697. The Morgan fingerprint density at radius 3 is 2.53 bits per heavy atom. The fourth-order valence-electron chi connectivity index (χ4n) is 2.42. The average molecular weight is 278 g/mol. The summed E-state index contributed by atoms with van der Waals surface area (Å²) in [5, 5.41) is 1.18. The van der Waals surface area contributed by atoms with E-state index in [4.69, 9.17) is 21.1 Å². The zero-order valence-electron chi connectivity index (χ0n) is 10.6. The number of hydrogen-bond donors (Lipinski definition) is 0. The molecule has 19 heavy (non-hydrogen) atoms. The minimum absolute atomic E-state index is 0.0594. The Hall–Kier alpha value is -1.81. The second-order valence-corrected chi connectivity index (χ2v) is 4.77. The van der Waals surface area contributed by atoms with E-state index in [1.807, 2.05) is 0 Å². The van der Waals surface area contributed by atoms with Gasteiger partial charge < -0.3 is 9.47 Å². The van der Waals surface area contributed by atoms with E-state index in [1.165, 1.54) is 0 Å². The van der Waals surface area contributed by atoms with E-state index in [2.05, 4.69) is 4.98 Å². The molecule has 0 radical (unpaired) electrons. The molecular weight excluding hydrogens is 266 g/mol. The van der Waals surface area contributed by atoms with Gasteiger partial charge in [0.15, 0.2) is 17.3 Å². The quantitative estimate of drug-likeness (QED) is 0.846. The third-order valence-electron chi connectivity index (χ3n) is 3.37. The number of carbonyl (C=O) groups excluding carboxylic acids is 1. The number of aromatic nitrogens is 1. The summed E-state index contributed by atoms with van der Waals surface area (Å²) >= 11 is 6.35. The van der Waals surface area contributed by atoms with Crippen LogP contribution in [0.2, 0.25) is 5.02 Å². The molecule has 0 saturated carbocycles. The molecule has 0 unspecified atom stereocenters. The van der Waals surface area contributed by atoms with Crippen molar-refractivity contribution in [2.24, 2.45) is 0 Å². The van der Waals surface area contributed by atoms with Crippen molar-refractivity contribution in [3.8, 4) is 11.5 Å².